The SMILES string of the molecule is O=C(NCC1COCc2nc3ccccc3n21)c1ccccc1. The van der Waals surface area contributed by atoms with Crippen LogP contribution in [-0.4, -0.2) is 28.6 Å². The van der Waals surface area contributed by atoms with E-state index >= 15 is 0 Å². The molecule has 5 nitrogen and oxygen atoms in total. The van der Waals surface area contributed by atoms with Gasteiger partial charge in [0.2, 0.25) is 0 Å². The number of aromatic nitrogens is 2. The highest BCUT2D eigenvalue weighted by Crippen LogP contribution is 2.25. The van der Waals surface area contributed by atoms with Gasteiger partial charge < -0.3 is 14.6 Å². The third-order valence-corrected chi connectivity index (χ3v) is 4.11. The molecule has 116 valence electrons. The van der Waals surface area contributed by atoms with Crippen LogP contribution in [0.1, 0.15) is 22.2 Å². The maximum Gasteiger partial charge on any atom is 0.251 e. The summed E-state index contributed by atoms with van der Waals surface area (Å²) in [6.45, 7) is 1.60. The van der Waals surface area contributed by atoms with Gasteiger partial charge in [0.25, 0.3) is 5.91 Å². The summed E-state index contributed by atoms with van der Waals surface area (Å²) < 4.78 is 7.83. The molecule has 2 aromatic carbocycles. The van der Waals surface area contributed by atoms with Crippen LogP contribution in [0.4, 0.5) is 0 Å². The Kier molecular flexibility index (Phi) is 3.55. The lowest BCUT2D eigenvalue weighted by Gasteiger charge is -2.26. The number of fused-ring (bicyclic) bond motifs is 3. The Labute approximate surface area is 133 Å². The molecule has 23 heavy (non-hydrogen) atoms. The zero-order valence-electron chi connectivity index (χ0n) is 12.6. The maximum absolute atomic E-state index is 12.2. The van der Waals surface area contributed by atoms with Gasteiger partial charge in [-0.3, -0.25) is 4.79 Å². The minimum Gasteiger partial charge on any atom is -0.371 e. The molecular formula is C18H17N3O2. The Balaban J connectivity index is 1.56. The van der Waals surface area contributed by atoms with E-state index in [1.54, 1.807) is 0 Å². The molecule has 1 aliphatic rings. The molecule has 0 saturated heterocycles. The van der Waals surface area contributed by atoms with Gasteiger partial charge in [-0.25, -0.2) is 4.98 Å². The van der Waals surface area contributed by atoms with E-state index in [1.165, 1.54) is 0 Å². The van der Waals surface area contributed by atoms with Crippen molar-refractivity contribution in [3.63, 3.8) is 0 Å². The van der Waals surface area contributed by atoms with Crippen molar-refractivity contribution < 1.29 is 9.53 Å². The number of nitrogens with zero attached hydrogens (tertiary/aromatic N) is 2. The van der Waals surface area contributed by atoms with E-state index in [9.17, 15) is 4.79 Å². The van der Waals surface area contributed by atoms with Crippen LogP contribution in [0.15, 0.2) is 54.6 Å². The first-order valence-electron chi connectivity index (χ1n) is 7.70. The molecule has 4 rings (SSSR count). The smallest absolute Gasteiger partial charge is 0.251 e. The number of carbonyl (C=O) groups is 1. The third kappa shape index (κ3) is 2.59. The first-order chi connectivity index (χ1) is 11.3. The van der Waals surface area contributed by atoms with E-state index in [0.29, 0.717) is 25.3 Å². The fourth-order valence-electron chi connectivity index (χ4n) is 3.02. The van der Waals surface area contributed by atoms with E-state index in [-0.39, 0.29) is 11.9 Å². The highest BCUT2D eigenvalue weighted by atomic mass is 16.5. The predicted molar refractivity (Wildman–Crippen MR) is 87.2 cm³/mol. The number of carbonyl (C=O) groups excluding carboxylic acids is 1. The summed E-state index contributed by atoms with van der Waals surface area (Å²) in [4.78, 5) is 16.8. The molecule has 0 saturated carbocycles. The molecule has 0 bridgehead atoms. The minimum atomic E-state index is -0.0675. The van der Waals surface area contributed by atoms with E-state index in [2.05, 4.69) is 20.9 Å². The van der Waals surface area contributed by atoms with Crippen molar-refractivity contribution in [1.82, 2.24) is 14.9 Å². The van der Waals surface area contributed by atoms with Crippen molar-refractivity contribution in [3.8, 4) is 0 Å². The summed E-state index contributed by atoms with van der Waals surface area (Å²) in [5, 5.41) is 3.00. The second-order valence-electron chi connectivity index (χ2n) is 5.63. The number of benzene rings is 2. The minimum absolute atomic E-state index is 0.0545. The molecular weight excluding hydrogens is 290 g/mol. The number of nitrogens with one attached hydrogen (secondary N) is 1. The topological polar surface area (TPSA) is 56.1 Å². The van der Waals surface area contributed by atoms with Crippen LogP contribution in [-0.2, 0) is 11.3 Å². The Morgan fingerprint density at radius 2 is 1.96 bits per heavy atom. The van der Waals surface area contributed by atoms with Gasteiger partial charge in [-0.2, -0.15) is 0 Å². The Hall–Kier alpha value is -2.66. The van der Waals surface area contributed by atoms with Crippen molar-refractivity contribution >= 4 is 16.9 Å². The highest BCUT2D eigenvalue weighted by Gasteiger charge is 2.24. The number of amides is 1. The number of hydrogen-bond acceptors (Lipinski definition) is 3. The number of para-hydroxylation sites is 2. The van der Waals surface area contributed by atoms with Gasteiger partial charge in [-0.1, -0.05) is 30.3 Å². The molecule has 1 unspecified atom stereocenters. The van der Waals surface area contributed by atoms with Gasteiger partial charge >= 0.3 is 0 Å². The number of hydrogen-bond donors (Lipinski definition) is 1. The second kappa shape index (κ2) is 5.85. The number of imidazole rings is 1. The van der Waals surface area contributed by atoms with Crippen molar-refractivity contribution in [2.24, 2.45) is 0 Å². The lowest BCUT2D eigenvalue weighted by molar-refractivity contribution is 0.0553. The van der Waals surface area contributed by atoms with E-state index < -0.39 is 0 Å². The van der Waals surface area contributed by atoms with Crippen LogP contribution in [0.2, 0.25) is 0 Å². The Morgan fingerprint density at radius 1 is 1.17 bits per heavy atom. The normalized spacial score (nSPS) is 17.0. The summed E-state index contributed by atoms with van der Waals surface area (Å²) in [5.74, 6) is 0.846. The van der Waals surface area contributed by atoms with Crippen LogP contribution >= 0.6 is 0 Å². The van der Waals surface area contributed by atoms with Gasteiger partial charge in [0.1, 0.15) is 12.4 Å². The van der Waals surface area contributed by atoms with E-state index in [4.69, 9.17) is 4.74 Å². The van der Waals surface area contributed by atoms with Gasteiger partial charge in [0, 0.05) is 12.1 Å². The molecule has 0 spiro atoms. The average molecular weight is 307 g/mol. The lowest BCUT2D eigenvalue weighted by Crippen LogP contribution is -2.35. The van der Waals surface area contributed by atoms with Crippen LogP contribution in [0, 0.1) is 0 Å². The largest absolute Gasteiger partial charge is 0.371 e. The van der Waals surface area contributed by atoms with E-state index in [0.717, 1.165) is 16.9 Å². The van der Waals surface area contributed by atoms with Crippen molar-refractivity contribution in [1.29, 1.82) is 0 Å². The van der Waals surface area contributed by atoms with Crippen molar-refractivity contribution in [2.75, 3.05) is 13.2 Å². The quantitative estimate of drug-likeness (QED) is 0.809. The molecule has 1 amide bonds. The van der Waals surface area contributed by atoms with Gasteiger partial charge in [0.05, 0.1) is 23.7 Å². The summed E-state index contributed by atoms with van der Waals surface area (Å²) in [5.41, 5.74) is 2.72. The zero-order valence-corrected chi connectivity index (χ0v) is 12.6. The van der Waals surface area contributed by atoms with Crippen LogP contribution in [0.25, 0.3) is 11.0 Å². The summed E-state index contributed by atoms with van der Waals surface area (Å²) in [6, 6.07) is 17.3. The lowest BCUT2D eigenvalue weighted by atomic mass is 10.2. The van der Waals surface area contributed by atoms with Crippen LogP contribution in [0.5, 0.6) is 0 Å². The molecule has 0 fully saturated rings. The predicted octanol–water partition coefficient (Wildman–Crippen LogP) is 2.54. The second-order valence-corrected chi connectivity index (χ2v) is 5.63. The van der Waals surface area contributed by atoms with Gasteiger partial charge in [0.15, 0.2) is 0 Å². The Bertz CT molecular complexity index is 842. The third-order valence-electron chi connectivity index (χ3n) is 4.11. The molecule has 1 aromatic heterocycles. The molecule has 5 heteroatoms. The fraction of sp³-hybridized carbons (Fsp3) is 0.222. The number of ether oxygens (including phenoxy) is 1. The van der Waals surface area contributed by atoms with Crippen LogP contribution < -0.4 is 5.32 Å². The van der Waals surface area contributed by atoms with Crippen molar-refractivity contribution in [2.45, 2.75) is 12.6 Å². The first kappa shape index (κ1) is 14.0. The monoisotopic (exact) mass is 307 g/mol. The summed E-state index contributed by atoms with van der Waals surface area (Å²) >= 11 is 0. The van der Waals surface area contributed by atoms with Crippen LogP contribution in [0.3, 0.4) is 0 Å². The molecule has 1 atom stereocenters. The zero-order chi connectivity index (χ0) is 15.6. The molecule has 0 radical (unpaired) electrons. The summed E-state index contributed by atoms with van der Waals surface area (Å²) in [6.07, 6.45) is 0. The molecule has 0 aliphatic carbocycles. The maximum atomic E-state index is 12.2. The molecule has 3 aromatic rings. The number of rotatable bonds is 3. The van der Waals surface area contributed by atoms with Gasteiger partial charge in [-0.05, 0) is 24.3 Å². The Morgan fingerprint density at radius 3 is 2.83 bits per heavy atom. The van der Waals surface area contributed by atoms with E-state index in [1.807, 2.05) is 48.5 Å². The standard InChI is InChI=1S/C18H17N3O2/c22-18(13-6-2-1-3-7-13)19-10-14-11-23-12-17-20-15-8-4-5-9-16(15)21(14)17/h1-9,14H,10-12H2,(H,19,22). The fourth-order valence-corrected chi connectivity index (χ4v) is 3.02. The van der Waals surface area contributed by atoms with Crippen molar-refractivity contribution in [3.05, 3.63) is 66.0 Å². The summed E-state index contributed by atoms with van der Waals surface area (Å²) in [7, 11) is 0. The van der Waals surface area contributed by atoms with Gasteiger partial charge in [-0.15, -0.1) is 0 Å². The molecule has 1 aliphatic heterocycles. The molecule has 2 heterocycles. The first-order valence-corrected chi connectivity index (χ1v) is 7.70. The highest BCUT2D eigenvalue weighted by molar-refractivity contribution is 5.94. The average Bonchev–Trinajstić information content (AvgIpc) is 2.99. The molecule has 1 N–H and O–H groups in total.